The van der Waals surface area contributed by atoms with E-state index in [0.717, 1.165) is 49.6 Å². The highest BCUT2D eigenvalue weighted by molar-refractivity contribution is 5.88. The minimum atomic E-state index is -0.0747. The summed E-state index contributed by atoms with van der Waals surface area (Å²) in [4.78, 5) is 15.4. The van der Waals surface area contributed by atoms with Gasteiger partial charge in [-0.3, -0.25) is 9.79 Å². The van der Waals surface area contributed by atoms with E-state index in [2.05, 4.69) is 20.9 Å². The van der Waals surface area contributed by atoms with Crippen LogP contribution in [-0.2, 0) is 20.8 Å². The molecule has 1 aromatic carbocycles. The Bertz CT molecular complexity index is 586. The molecule has 7 heteroatoms. The van der Waals surface area contributed by atoms with E-state index in [9.17, 15) is 4.79 Å². The molecule has 1 aliphatic rings. The first kappa shape index (κ1) is 20.2. The first-order valence-electron chi connectivity index (χ1n) is 9.18. The number of amides is 1. The summed E-state index contributed by atoms with van der Waals surface area (Å²) in [5, 5.41) is 9.33. The molecule has 1 unspecified atom stereocenters. The van der Waals surface area contributed by atoms with Gasteiger partial charge in [-0.25, -0.2) is 0 Å². The Balaban J connectivity index is 1.60. The zero-order valence-corrected chi connectivity index (χ0v) is 15.7. The van der Waals surface area contributed by atoms with Crippen LogP contribution in [0.3, 0.4) is 0 Å². The van der Waals surface area contributed by atoms with E-state index in [1.807, 2.05) is 24.3 Å². The molecule has 7 nitrogen and oxygen atoms in total. The Morgan fingerprint density at radius 1 is 1.38 bits per heavy atom. The number of benzene rings is 1. The van der Waals surface area contributed by atoms with Crippen molar-refractivity contribution < 1.29 is 14.3 Å². The van der Waals surface area contributed by atoms with E-state index in [-0.39, 0.29) is 12.0 Å². The Morgan fingerprint density at radius 3 is 3.00 bits per heavy atom. The number of guanidine groups is 1. The predicted octanol–water partition coefficient (Wildman–Crippen LogP) is 1.90. The second-order valence-corrected chi connectivity index (χ2v) is 6.30. The lowest BCUT2D eigenvalue weighted by molar-refractivity contribution is -0.114. The molecular formula is C19H30N4O3. The van der Waals surface area contributed by atoms with Crippen LogP contribution in [0.2, 0.25) is 0 Å². The fourth-order valence-electron chi connectivity index (χ4n) is 2.74. The summed E-state index contributed by atoms with van der Waals surface area (Å²) in [5.41, 5.74) is 1.86. The lowest BCUT2D eigenvalue weighted by atomic mass is 10.2. The van der Waals surface area contributed by atoms with E-state index >= 15 is 0 Å². The number of nitrogens with one attached hydrogen (secondary N) is 3. The number of ether oxygens (including phenoxy) is 2. The second kappa shape index (κ2) is 11.5. The maximum atomic E-state index is 11.1. The molecule has 2 rings (SSSR count). The summed E-state index contributed by atoms with van der Waals surface area (Å²) >= 11 is 0. The van der Waals surface area contributed by atoms with Gasteiger partial charge in [0.2, 0.25) is 5.91 Å². The highest BCUT2D eigenvalue weighted by atomic mass is 16.5. The zero-order valence-electron chi connectivity index (χ0n) is 15.7. The number of nitrogens with zero attached hydrogens (tertiary/aromatic N) is 1. The summed E-state index contributed by atoms with van der Waals surface area (Å²) in [5.74, 6) is 0.670. The maximum absolute atomic E-state index is 11.1. The van der Waals surface area contributed by atoms with Gasteiger partial charge in [0.05, 0.1) is 12.7 Å². The number of hydrogen-bond donors (Lipinski definition) is 3. The van der Waals surface area contributed by atoms with Crippen LogP contribution in [0.4, 0.5) is 5.69 Å². The Kier molecular flexibility index (Phi) is 8.92. The van der Waals surface area contributed by atoms with Gasteiger partial charge in [-0.15, -0.1) is 0 Å². The van der Waals surface area contributed by atoms with Crippen molar-refractivity contribution in [3.8, 4) is 0 Å². The van der Waals surface area contributed by atoms with Crippen LogP contribution in [0.15, 0.2) is 29.3 Å². The Morgan fingerprint density at radius 2 is 2.27 bits per heavy atom. The number of anilines is 1. The number of hydrogen-bond acceptors (Lipinski definition) is 4. The van der Waals surface area contributed by atoms with Crippen LogP contribution in [-0.4, -0.2) is 51.4 Å². The van der Waals surface area contributed by atoms with Crippen LogP contribution in [0.5, 0.6) is 0 Å². The number of carbonyl (C=O) groups excluding carboxylic acids is 1. The van der Waals surface area contributed by atoms with Gasteiger partial charge < -0.3 is 25.4 Å². The molecule has 1 heterocycles. The van der Waals surface area contributed by atoms with E-state index in [1.54, 1.807) is 7.05 Å². The molecule has 1 aromatic rings. The molecule has 1 atom stereocenters. The monoisotopic (exact) mass is 362 g/mol. The van der Waals surface area contributed by atoms with E-state index < -0.39 is 0 Å². The van der Waals surface area contributed by atoms with Gasteiger partial charge in [-0.2, -0.15) is 0 Å². The van der Waals surface area contributed by atoms with Crippen LogP contribution >= 0.6 is 0 Å². The molecule has 0 spiro atoms. The van der Waals surface area contributed by atoms with Crippen molar-refractivity contribution in [3.63, 3.8) is 0 Å². The largest absolute Gasteiger partial charge is 0.379 e. The van der Waals surface area contributed by atoms with Crippen molar-refractivity contribution in [2.75, 3.05) is 38.7 Å². The van der Waals surface area contributed by atoms with Crippen molar-refractivity contribution in [1.29, 1.82) is 0 Å². The van der Waals surface area contributed by atoms with Crippen molar-refractivity contribution in [1.82, 2.24) is 10.6 Å². The first-order chi connectivity index (χ1) is 12.7. The normalized spacial score (nSPS) is 17.2. The molecule has 144 valence electrons. The average Bonchev–Trinajstić information content (AvgIpc) is 3.13. The third-order valence-electron chi connectivity index (χ3n) is 4.02. The molecule has 1 aliphatic heterocycles. The molecule has 0 saturated carbocycles. The lowest BCUT2D eigenvalue weighted by Crippen LogP contribution is -2.37. The Labute approximate surface area is 155 Å². The maximum Gasteiger partial charge on any atom is 0.221 e. The molecular weight excluding hydrogens is 332 g/mol. The SMILES string of the molecule is CN=C(NCCCOCC1CCCO1)NCc1cccc(NC(C)=O)c1. The molecule has 0 radical (unpaired) electrons. The lowest BCUT2D eigenvalue weighted by Gasteiger charge is -2.13. The zero-order chi connectivity index (χ0) is 18.6. The van der Waals surface area contributed by atoms with Crippen molar-refractivity contribution in [2.45, 2.75) is 38.8 Å². The minimum absolute atomic E-state index is 0.0747. The number of rotatable bonds is 9. The number of aliphatic imine (C=N–C) groups is 1. The summed E-state index contributed by atoms with van der Waals surface area (Å²) in [6.45, 7) is 5.19. The van der Waals surface area contributed by atoms with E-state index in [4.69, 9.17) is 9.47 Å². The van der Waals surface area contributed by atoms with Crippen LogP contribution in [0.1, 0.15) is 31.7 Å². The highest BCUT2D eigenvalue weighted by Crippen LogP contribution is 2.12. The van der Waals surface area contributed by atoms with Gasteiger partial charge >= 0.3 is 0 Å². The summed E-state index contributed by atoms with van der Waals surface area (Å²) < 4.78 is 11.2. The predicted molar refractivity (Wildman–Crippen MR) is 103 cm³/mol. The molecule has 3 N–H and O–H groups in total. The topological polar surface area (TPSA) is 84.0 Å². The highest BCUT2D eigenvalue weighted by Gasteiger charge is 2.14. The van der Waals surface area contributed by atoms with E-state index in [0.29, 0.717) is 19.8 Å². The van der Waals surface area contributed by atoms with Gasteiger partial charge in [0.15, 0.2) is 5.96 Å². The smallest absolute Gasteiger partial charge is 0.221 e. The average molecular weight is 362 g/mol. The summed E-state index contributed by atoms with van der Waals surface area (Å²) in [6, 6.07) is 7.74. The van der Waals surface area contributed by atoms with Gasteiger partial charge in [-0.1, -0.05) is 12.1 Å². The number of carbonyl (C=O) groups is 1. The molecule has 1 amide bonds. The fourth-order valence-corrected chi connectivity index (χ4v) is 2.74. The van der Waals surface area contributed by atoms with Crippen molar-refractivity contribution >= 4 is 17.6 Å². The van der Waals surface area contributed by atoms with Gasteiger partial charge in [0.1, 0.15) is 0 Å². The summed E-state index contributed by atoms with van der Waals surface area (Å²) in [6.07, 6.45) is 3.44. The quantitative estimate of drug-likeness (QED) is 0.355. The van der Waals surface area contributed by atoms with Crippen molar-refractivity contribution in [2.24, 2.45) is 4.99 Å². The molecule has 0 aromatic heterocycles. The third kappa shape index (κ3) is 7.84. The van der Waals surface area contributed by atoms with Crippen LogP contribution in [0.25, 0.3) is 0 Å². The van der Waals surface area contributed by atoms with E-state index in [1.165, 1.54) is 6.92 Å². The van der Waals surface area contributed by atoms with Gasteiger partial charge in [0.25, 0.3) is 0 Å². The van der Waals surface area contributed by atoms with Crippen LogP contribution < -0.4 is 16.0 Å². The second-order valence-electron chi connectivity index (χ2n) is 6.30. The first-order valence-corrected chi connectivity index (χ1v) is 9.18. The van der Waals surface area contributed by atoms with Gasteiger partial charge in [-0.05, 0) is 37.0 Å². The molecule has 1 saturated heterocycles. The minimum Gasteiger partial charge on any atom is -0.379 e. The van der Waals surface area contributed by atoms with Gasteiger partial charge in [0, 0.05) is 46.0 Å². The Hall–Kier alpha value is -2.12. The van der Waals surface area contributed by atoms with Crippen molar-refractivity contribution in [3.05, 3.63) is 29.8 Å². The fraction of sp³-hybridized carbons (Fsp3) is 0.579. The standard InChI is InChI=1S/C19H30N4O3/c1-15(24)23-17-7-3-6-16(12-17)13-22-19(20-2)21-9-5-10-25-14-18-8-4-11-26-18/h3,6-7,12,18H,4-5,8-11,13-14H2,1-2H3,(H,23,24)(H2,20,21,22). The molecule has 0 aliphatic carbocycles. The third-order valence-corrected chi connectivity index (χ3v) is 4.02. The molecule has 0 bridgehead atoms. The molecule has 1 fully saturated rings. The summed E-state index contributed by atoms with van der Waals surface area (Å²) in [7, 11) is 1.75. The molecule has 26 heavy (non-hydrogen) atoms. The van der Waals surface area contributed by atoms with Crippen LogP contribution in [0, 0.1) is 0 Å².